The second-order valence-electron chi connectivity index (χ2n) is 7.60. The summed E-state index contributed by atoms with van der Waals surface area (Å²) < 4.78 is 1.14. The highest BCUT2D eigenvalue weighted by Gasteiger charge is 2.39. The fourth-order valence-corrected chi connectivity index (χ4v) is 4.78. The van der Waals surface area contributed by atoms with E-state index in [1.807, 2.05) is 42.5 Å². The molecule has 0 bridgehead atoms. The number of hydrogen-bond donors (Lipinski definition) is 1. The zero-order valence-electron chi connectivity index (χ0n) is 16.9. The molecule has 0 aliphatic carbocycles. The number of anilines is 1. The van der Waals surface area contributed by atoms with Crippen molar-refractivity contribution in [3.8, 4) is 10.6 Å². The van der Waals surface area contributed by atoms with Crippen LogP contribution in [-0.4, -0.2) is 27.8 Å². The number of amides is 2. The van der Waals surface area contributed by atoms with Gasteiger partial charge in [-0.1, -0.05) is 12.1 Å². The van der Waals surface area contributed by atoms with Gasteiger partial charge >= 0.3 is 0 Å². The van der Waals surface area contributed by atoms with Gasteiger partial charge in [-0.15, -0.1) is 11.3 Å². The number of carbonyl (C=O) groups is 2. The number of carbonyl (C=O) groups excluding carboxylic acids is 2. The molecular weight excluding hydrogens is 408 g/mol. The molecule has 31 heavy (non-hydrogen) atoms. The molecule has 0 radical (unpaired) electrons. The number of hydrogen-bond acceptors (Lipinski definition) is 6. The number of pyridine rings is 1. The van der Waals surface area contributed by atoms with E-state index in [1.54, 1.807) is 23.7 Å². The van der Waals surface area contributed by atoms with E-state index in [2.05, 4.69) is 29.4 Å². The van der Waals surface area contributed by atoms with E-state index in [-0.39, 0.29) is 18.2 Å². The third kappa shape index (κ3) is 3.85. The Kier molecular flexibility index (Phi) is 5.05. The first-order chi connectivity index (χ1) is 15.1. The molecule has 7 heteroatoms. The third-order valence-corrected chi connectivity index (χ3v) is 6.41. The Morgan fingerprint density at radius 1 is 1.13 bits per heavy atom. The fraction of sp³-hybridized carbons (Fsp3) is 0.167. The van der Waals surface area contributed by atoms with E-state index in [0.717, 1.165) is 26.4 Å². The average molecular weight is 429 g/mol. The molecular formula is C24H20N4O2S. The van der Waals surface area contributed by atoms with Crippen molar-refractivity contribution >= 4 is 39.1 Å². The van der Waals surface area contributed by atoms with Crippen molar-refractivity contribution in [2.24, 2.45) is 0 Å². The third-order valence-electron chi connectivity index (χ3n) is 5.34. The van der Waals surface area contributed by atoms with Gasteiger partial charge < -0.3 is 5.32 Å². The maximum atomic E-state index is 12.9. The van der Waals surface area contributed by atoms with Crippen LogP contribution in [-0.2, 0) is 16.1 Å². The van der Waals surface area contributed by atoms with Crippen molar-refractivity contribution in [1.82, 2.24) is 15.3 Å². The fourth-order valence-electron chi connectivity index (χ4n) is 3.71. The predicted octanol–water partition coefficient (Wildman–Crippen LogP) is 4.09. The Labute approximate surface area is 183 Å². The normalized spacial score (nSPS) is 16.4. The van der Waals surface area contributed by atoms with Crippen LogP contribution in [0.3, 0.4) is 0 Å². The van der Waals surface area contributed by atoms with E-state index in [9.17, 15) is 9.59 Å². The molecule has 1 fully saturated rings. The molecule has 5 rings (SSSR count). The minimum absolute atomic E-state index is 0.151. The molecule has 1 aliphatic rings. The molecule has 4 aromatic rings. The molecule has 154 valence electrons. The lowest BCUT2D eigenvalue weighted by Gasteiger charge is -2.16. The zero-order valence-corrected chi connectivity index (χ0v) is 17.7. The summed E-state index contributed by atoms with van der Waals surface area (Å²) in [6, 6.07) is 16.9. The lowest BCUT2D eigenvalue weighted by atomic mass is 10.2. The molecule has 1 aliphatic heterocycles. The Morgan fingerprint density at radius 3 is 2.74 bits per heavy atom. The Morgan fingerprint density at radius 2 is 1.97 bits per heavy atom. The van der Waals surface area contributed by atoms with Gasteiger partial charge in [-0.25, -0.2) is 9.88 Å². The lowest BCUT2D eigenvalue weighted by Crippen LogP contribution is -2.38. The molecule has 0 spiro atoms. The summed E-state index contributed by atoms with van der Waals surface area (Å²) in [6.07, 6.45) is 3.60. The predicted molar refractivity (Wildman–Crippen MR) is 122 cm³/mol. The van der Waals surface area contributed by atoms with Crippen LogP contribution in [0.2, 0.25) is 0 Å². The highest BCUT2D eigenvalue weighted by atomic mass is 32.1. The topological polar surface area (TPSA) is 75.2 Å². The van der Waals surface area contributed by atoms with Gasteiger partial charge in [-0.3, -0.25) is 14.6 Å². The van der Waals surface area contributed by atoms with E-state index in [4.69, 9.17) is 4.98 Å². The average Bonchev–Trinajstić information content (AvgIpc) is 3.33. The van der Waals surface area contributed by atoms with Gasteiger partial charge in [0, 0.05) is 24.5 Å². The van der Waals surface area contributed by atoms with Crippen molar-refractivity contribution in [1.29, 1.82) is 0 Å². The van der Waals surface area contributed by atoms with Crippen molar-refractivity contribution < 1.29 is 9.59 Å². The van der Waals surface area contributed by atoms with Crippen LogP contribution in [0.25, 0.3) is 20.8 Å². The van der Waals surface area contributed by atoms with Crippen molar-refractivity contribution in [2.45, 2.75) is 25.9 Å². The summed E-state index contributed by atoms with van der Waals surface area (Å²) in [4.78, 5) is 35.5. The van der Waals surface area contributed by atoms with Gasteiger partial charge in [0.15, 0.2) is 0 Å². The van der Waals surface area contributed by atoms with Gasteiger partial charge in [0.25, 0.3) is 5.91 Å². The summed E-state index contributed by atoms with van der Waals surface area (Å²) in [5.74, 6) is -0.422. The Bertz CT molecular complexity index is 1270. The number of thiazole rings is 1. The molecule has 1 N–H and O–H groups in total. The number of imide groups is 1. The molecule has 0 saturated carbocycles. The second kappa shape index (κ2) is 8.02. The number of aryl methyl sites for hydroxylation is 1. The van der Waals surface area contributed by atoms with Crippen LogP contribution in [0.1, 0.15) is 17.5 Å². The van der Waals surface area contributed by atoms with E-state index in [1.165, 1.54) is 10.5 Å². The largest absolute Gasteiger partial charge is 0.301 e. The van der Waals surface area contributed by atoms with Crippen LogP contribution >= 0.6 is 11.3 Å². The van der Waals surface area contributed by atoms with Crippen LogP contribution < -0.4 is 10.2 Å². The maximum Gasteiger partial charge on any atom is 0.251 e. The molecule has 2 amide bonds. The standard InChI is InChI=1S/C24H20N4O2S/c1-15-4-9-19-21(11-15)31-23(27-19)17-5-7-18(8-6-17)28-22(29)12-20(24(28)30)26-14-16-3-2-10-25-13-16/h2-11,13,20,26H,12,14H2,1H3/t20-/m1/s1. The maximum absolute atomic E-state index is 12.9. The number of aromatic nitrogens is 2. The van der Waals surface area contributed by atoms with Gasteiger partial charge in [0.1, 0.15) is 5.01 Å². The quantitative estimate of drug-likeness (QED) is 0.485. The van der Waals surface area contributed by atoms with Crippen LogP contribution in [0.4, 0.5) is 5.69 Å². The first-order valence-electron chi connectivity index (χ1n) is 10.1. The monoisotopic (exact) mass is 428 g/mol. The minimum atomic E-state index is -0.528. The second-order valence-corrected chi connectivity index (χ2v) is 8.63. The number of benzene rings is 2. The van der Waals surface area contributed by atoms with Gasteiger partial charge in [0.05, 0.1) is 28.4 Å². The summed E-state index contributed by atoms with van der Waals surface area (Å²) >= 11 is 1.63. The van der Waals surface area contributed by atoms with Crippen LogP contribution in [0.5, 0.6) is 0 Å². The van der Waals surface area contributed by atoms with Gasteiger partial charge in [-0.05, 0) is 60.5 Å². The molecule has 2 aromatic carbocycles. The lowest BCUT2D eigenvalue weighted by molar-refractivity contribution is -0.121. The SMILES string of the molecule is Cc1ccc2nc(-c3ccc(N4C(=O)C[C@@H](NCc5cccnc5)C4=O)cc3)sc2c1. The molecule has 1 atom stereocenters. The number of rotatable bonds is 5. The first-order valence-corrected chi connectivity index (χ1v) is 10.9. The molecule has 2 aromatic heterocycles. The van der Waals surface area contributed by atoms with E-state index >= 15 is 0 Å². The first kappa shape index (κ1) is 19.5. The van der Waals surface area contributed by atoms with Crippen LogP contribution in [0, 0.1) is 6.92 Å². The van der Waals surface area contributed by atoms with Crippen molar-refractivity contribution in [3.05, 3.63) is 78.1 Å². The number of nitrogens with one attached hydrogen (secondary N) is 1. The number of fused-ring (bicyclic) bond motifs is 1. The molecule has 6 nitrogen and oxygen atoms in total. The smallest absolute Gasteiger partial charge is 0.251 e. The summed E-state index contributed by atoms with van der Waals surface area (Å²) in [7, 11) is 0. The molecule has 3 heterocycles. The number of nitrogens with zero attached hydrogens (tertiary/aromatic N) is 3. The van der Waals surface area contributed by atoms with Crippen molar-refractivity contribution in [3.63, 3.8) is 0 Å². The van der Waals surface area contributed by atoms with Gasteiger partial charge in [0.2, 0.25) is 5.91 Å². The van der Waals surface area contributed by atoms with Gasteiger partial charge in [-0.2, -0.15) is 0 Å². The van der Waals surface area contributed by atoms with E-state index in [0.29, 0.717) is 12.2 Å². The summed E-state index contributed by atoms with van der Waals surface area (Å²) in [5, 5.41) is 4.09. The Balaban J connectivity index is 1.32. The highest BCUT2D eigenvalue weighted by molar-refractivity contribution is 7.21. The van der Waals surface area contributed by atoms with Crippen molar-refractivity contribution in [2.75, 3.05) is 4.90 Å². The summed E-state index contributed by atoms with van der Waals surface area (Å²) in [6.45, 7) is 2.55. The molecule has 1 saturated heterocycles. The minimum Gasteiger partial charge on any atom is -0.301 e. The Hall–Kier alpha value is -3.42. The highest BCUT2D eigenvalue weighted by Crippen LogP contribution is 2.32. The zero-order chi connectivity index (χ0) is 21.4. The van der Waals surface area contributed by atoms with Crippen LogP contribution in [0.15, 0.2) is 67.0 Å². The molecule has 0 unspecified atom stereocenters. The summed E-state index contributed by atoms with van der Waals surface area (Å²) in [5.41, 5.74) is 4.70. The van der Waals surface area contributed by atoms with E-state index < -0.39 is 6.04 Å².